The van der Waals surface area contributed by atoms with Crippen molar-refractivity contribution in [3.8, 4) is 11.3 Å². The van der Waals surface area contributed by atoms with Crippen molar-refractivity contribution in [1.29, 1.82) is 0 Å². The molecule has 0 bridgehead atoms. The maximum atomic E-state index is 11.8. The highest BCUT2D eigenvalue weighted by Crippen LogP contribution is 2.39. The standard InChI is InChI=1S/C28H35N5O2S/c1-18(2)27-24-16-21(20-6-11-32(12-7-20)23-9-14-36(34,35)15-10-23)4-5-25(24)29-28(27)22-8-13-33-26(17-22)19(3)30-31-33/h4-5,8,13,16-18,20,23,29H,6-7,9-12,14-15H2,1-3H3. The number of aryl methyl sites for hydroxylation is 1. The maximum absolute atomic E-state index is 11.8. The van der Waals surface area contributed by atoms with Gasteiger partial charge in [0.2, 0.25) is 0 Å². The van der Waals surface area contributed by atoms with Crippen molar-refractivity contribution < 1.29 is 8.42 Å². The largest absolute Gasteiger partial charge is 0.354 e. The molecule has 8 heteroatoms. The molecule has 0 unspecified atom stereocenters. The molecule has 0 amide bonds. The van der Waals surface area contributed by atoms with E-state index < -0.39 is 9.84 Å². The molecule has 1 aromatic carbocycles. The topological polar surface area (TPSA) is 83.4 Å². The molecule has 5 heterocycles. The van der Waals surface area contributed by atoms with Gasteiger partial charge < -0.3 is 9.88 Å². The molecule has 0 spiro atoms. The van der Waals surface area contributed by atoms with Gasteiger partial charge in [-0.3, -0.25) is 0 Å². The van der Waals surface area contributed by atoms with Crippen molar-refractivity contribution in [2.45, 2.75) is 64.3 Å². The summed E-state index contributed by atoms with van der Waals surface area (Å²) in [6.45, 7) is 8.65. The molecule has 0 atom stereocenters. The van der Waals surface area contributed by atoms with E-state index in [1.807, 2.05) is 17.6 Å². The number of fused-ring (bicyclic) bond motifs is 2. The van der Waals surface area contributed by atoms with Crippen LogP contribution in [-0.4, -0.2) is 63.8 Å². The maximum Gasteiger partial charge on any atom is 0.150 e. The first-order valence-corrected chi connectivity index (χ1v) is 15.0. The Bertz CT molecular complexity index is 1510. The number of sulfone groups is 1. The molecule has 3 aromatic heterocycles. The van der Waals surface area contributed by atoms with Gasteiger partial charge in [0, 0.05) is 28.7 Å². The molecule has 7 nitrogen and oxygen atoms in total. The molecular weight excluding hydrogens is 470 g/mol. The average Bonchev–Trinajstić information content (AvgIpc) is 3.44. The van der Waals surface area contributed by atoms with Crippen molar-refractivity contribution in [3.05, 3.63) is 53.3 Å². The molecule has 190 valence electrons. The van der Waals surface area contributed by atoms with Crippen LogP contribution in [0.1, 0.15) is 68.2 Å². The molecule has 2 aliphatic heterocycles. The average molecular weight is 506 g/mol. The van der Waals surface area contributed by atoms with E-state index in [0.29, 0.717) is 29.4 Å². The van der Waals surface area contributed by atoms with E-state index in [9.17, 15) is 8.42 Å². The van der Waals surface area contributed by atoms with Gasteiger partial charge in [0.1, 0.15) is 9.84 Å². The van der Waals surface area contributed by atoms with E-state index in [2.05, 4.69) is 64.4 Å². The van der Waals surface area contributed by atoms with Gasteiger partial charge in [0.15, 0.2) is 0 Å². The van der Waals surface area contributed by atoms with Gasteiger partial charge in [0.05, 0.1) is 28.4 Å². The highest BCUT2D eigenvalue weighted by atomic mass is 32.2. The third-order valence-electron chi connectivity index (χ3n) is 8.37. The van der Waals surface area contributed by atoms with E-state index in [1.54, 1.807) is 0 Å². The number of pyridine rings is 1. The number of hydrogen-bond donors (Lipinski definition) is 1. The highest BCUT2D eigenvalue weighted by Gasteiger charge is 2.31. The van der Waals surface area contributed by atoms with E-state index in [1.165, 1.54) is 27.7 Å². The lowest BCUT2D eigenvalue weighted by molar-refractivity contribution is 0.142. The second-order valence-electron chi connectivity index (χ2n) is 11.0. The van der Waals surface area contributed by atoms with Crippen LogP contribution >= 0.6 is 0 Å². The summed E-state index contributed by atoms with van der Waals surface area (Å²) in [5.41, 5.74) is 8.28. The number of piperidine rings is 1. The molecule has 4 aromatic rings. The molecule has 2 aliphatic rings. The van der Waals surface area contributed by atoms with Crippen LogP contribution in [0.4, 0.5) is 0 Å². The molecule has 0 radical (unpaired) electrons. The molecule has 0 aliphatic carbocycles. The molecule has 1 N–H and O–H groups in total. The number of hydrogen-bond acceptors (Lipinski definition) is 5. The Hall–Kier alpha value is -2.71. The Morgan fingerprint density at radius 2 is 1.78 bits per heavy atom. The summed E-state index contributed by atoms with van der Waals surface area (Å²) in [7, 11) is -2.81. The molecule has 2 fully saturated rings. The number of rotatable bonds is 4. The van der Waals surface area contributed by atoms with E-state index >= 15 is 0 Å². The van der Waals surface area contributed by atoms with Crippen molar-refractivity contribution in [3.63, 3.8) is 0 Å². The van der Waals surface area contributed by atoms with E-state index in [-0.39, 0.29) is 0 Å². The number of aromatic nitrogens is 4. The zero-order valence-corrected chi connectivity index (χ0v) is 22.2. The summed E-state index contributed by atoms with van der Waals surface area (Å²) in [4.78, 5) is 6.26. The van der Waals surface area contributed by atoms with Crippen molar-refractivity contribution >= 4 is 26.3 Å². The number of nitrogens with one attached hydrogen (secondary N) is 1. The summed E-state index contributed by atoms with van der Waals surface area (Å²) < 4.78 is 25.5. The number of benzene rings is 1. The Morgan fingerprint density at radius 1 is 1.03 bits per heavy atom. The lowest BCUT2D eigenvalue weighted by Gasteiger charge is -2.39. The van der Waals surface area contributed by atoms with Gasteiger partial charge in [-0.2, -0.15) is 0 Å². The first kappa shape index (κ1) is 23.7. The number of aromatic amines is 1. The zero-order chi connectivity index (χ0) is 25.0. The second-order valence-corrected chi connectivity index (χ2v) is 13.3. The van der Waals surface area contributed by atoms with E-state index in [0.717, 1.165) is 55.5 Å². The summed E-state index contributed by atoms with van der Waals surface area (Å²) in [5, 5.41) is 9.71. The van der Waals surface area contributed by atoms with Crippen LogP contribution in [0.25, 0.3) is 27.7 Å². The lowest BCUT2D eigenvalue weighted by atomic mass is 9.87. The number of H-pyrrole nitrogens is 1. The Balaban J connectivity index is 1.27. The fourth-order valence-corrected chi connectivity index (χ4v) is 7.78. The summed E-state index contributed by atoms with van der Waals surface area (Å²) in [6.07, 6.45) is 5.84. The Kier molecular flexibility index (Phi) is 5.91. The van der Waals surface area contributed by atoms with Crippen molar-refractivity contribution in [1.82, 2.24) is 24.7 Å². The SMILES string of the molecule is Cc1nnn2ccc(-c3[nH]c4ccc(C5CCN(C6CCS(=O)(=O)CC6)CC5)cc4c3C(C)C)cc12. The summed E-state index contributed by atoms with van der Waals surface area (Å²) >= 11 is 0. The third kappa shape index (κ3) is 4.24. The normalized spacial score (nSPS) is 20.1. The minimum absolute atomic E-state index is 0.353. The van der Waals surface area contributed by atoms with Crippen LogP contribution in [0.2, 0.25) is 0 Å². The quantitative estimate of drug-likeness (QED) is 0.419. The monoisotopic (exact) mass is 505 g/mol. The van der Waals surface area contributed by atoms with Gasteiger partial charge in [-0.25, -0.2) is 12.9 Å². The van der Waals surface area contributed by atoms with E-state index in [4.69, 9.17) is 0 Å². The molecular formula is C28H35N5O2S. The van der Waals surface area contributed by atoms with Crippen LogP contribution in [0.15, 0.2) is 36.5 Å². The summed E-state index contributed by atoms with van der Waals surface area (Å²) in [5.74, 6) is 1.64. The predicted molar refractivity (Wildman–Crippen MR) is 144 cm³/mol. The lowest BCUT2D eigenvalue weighted by Crippen LogP contribution is -2.44. The minimum Gasteiger partial charge on any atom is -0.354 e. The van der Waals surface area contributed by atoms with Gasteiger partial charge in [-0.15, -0.1) is 5.10 Å². The first-order valence-electron chi connectivity index (χ1n) is 13.2. The third-order valence-corrected chi connectivity index (χ3v) is 10.1. The molecule has 0 saturated carbocycles. The van der Waals surface area contributed by atoms with Gasteiger partial charge in [-0.1, -0.05) is 25.1 Å². The Morgan fingerprint density at radius 3 is 2.50 bits per heavy atom. The molecule has 2 saturated heterocycles. The number of nitrogens with zero attached hydrogens (tertiary/aromatic N) is 4. The smallest absolute Gasteiger partial charge is 0.150 e. The minimum atomic E-state index is -2.81. The zero-order valence-electron chi connectivity index (χ0n) is 21.4. The first-order chi connectivity index (χ1) is 17.3. The fraction of sp³-hybridized carbons (Fsp3) is 0.500. The van der Waals surface area contributed by atoms with Gasteiger partial charge in [0.25, 0.3) is 0 Å². The second kappa shape index (κ2) is 8.99. The van der Waals surface area contributed by atoms with Gasteiger partial charge >= 0.3 is 0 Å². The van der Waals surface area contributed by atoms with Crippen LogP contribution in [-0.2, 0) is 9.84 Å². The molecule has 6 rings (SSSR count). The fourth-order valence-electron chi connectivity index (χ4n) is 6.32. The van der Waals surface area contributed by atoms with Crippen LogP contribution < -0.4 is 0 Å². The van der Waals surface area contributed by atoms with Crippen LogP contribution in [0.3, 0.4) is 0 Å². The van der Waals surface area contributed by atoms with Crippen LogP contribution in [0.5, 0.6) is 0 Å². The van der Waals surface area contributed by atoms with Crippen LogP contribution in [0, 0.1) is 6.92 Å². The Labute approximate surface area is 212 Å². The molecule has 36 heavy (non-hydrogen) atoms. The van der Waals surface area contributed by atoms with Crippen molar-refractivity contribution in [2.75, 3.05) is 24.6 Å². The highest BCUT2D eigenvalue weighted by molar-refractivity contribution is 7.91. The predicted octanol–water partition coefficient (Wildman–Crippen LogP) is 5.07. The van der Waals surface area contributed by atoms with Gasteiger partial charge in [-0.05, 0) is 92.9 Å². The van der Waals surface area contributed by atoms with Crippen molar-refractivity contribution in [2.24, 2.45) is 0 Å². The summed E-state index contributed by atoms with van der Waals surface area (Å²) in [6, 6.07) is 11.7. The number of likely N-dealkylation sites (tertiary alicyclic amines) is 1.